The number of anilines is 1. The first-order valence-corrected chi connectivity index (χ1v) is 8.58. The molecule has 2 rings (SSSR count). The Bertz CT molecular complexity index is 564. The van der Waals surface area contributed by atoms with Crippen molar-refractivity contribution >= 4 is 34.4 Å². The van der Waals surface area contributed by atoms with Gasteiger partial charge in [0.1, 0.15) is 0 Å². The Hall–Kier alpha value is -1.33. The van der Waals surface area contributed by atoms with E-state index < -0.39 is 0 Å². The van der Waals surface area contributed by atoms with Gasteiger partial charge in [0, 0.05) is 10.3 Å². The fourth-order valence-electron chi connectivity index (χ4n) is 1.59. The third-order valence-corrected chi connectivity index (χ3v) is 4.56. The second kappa shape index (κ2) is 8.07. The molecule has 2 aromatic rings. The van der Waals surface area contributed by atoms with Crippen LogP contribution in [0.3, 0.4) is 0 Å². The molecule has 3 nitrogen and oxygen atoms in total. The molecule has 1 heterocycles. The lowest BCUT2D eigenvalue weighted by Crippen LogP contribution is -1.90. The second-order valence-electron chi connectivity index (χ2n) is 4.44. The molecular weight excluding hydrogens is 286 g/mol. The number of benzene rings is 1. The molecule has 0 radical (unpaired) electrons. The highest BCUT2D eigenvalue weighted by Crippen LogP contribution is 2.20. The van der Waals surface area contributed by atoms with Crippen molar-refractivity contribution < 1.29 is 0 Å². The Morgan fingerprint density at radius 2 is 2.35 bits per heavy atom. The number of rotatable bonds is 7. The van der Waals surface area contributed by atoms with Gasteiger partial charge in [-0.1, -0.05) is 25.5 Å². The number of thiazole rings is 1. The summed E-state index contributed by atoms with van der Waals surface area (Å²) in [5.41, 5.74) is 5.08. The molecule has 0 amide bonds. The minimum absolute atomic E-state index is 0.826. The van der Waals surface area contributed by atoms with E-state index in [0.29, 0.717) is 0 Å². The first-order valence-electron chi connectivity index (χ1n) is 6.72. The van der Waals surface area contributed by atoms with Crippen molar-refractivity contribution in [1.29, 1.82) is 0 Å². The molecule has 0 unspecified atom stereocenters. The van der Waals surface area contributed by atoms with Gasteiger partial charge in [0.2, 0.25) is 5.13 Å². The minimum atomic E-state index is 0.826. The zero-order valence-electron chi connectivity index (χ0n) is 11.8. The molecule has 0 aliphatic rings. The number of hydrazone groups is 1. The molecule has 1 aromatic heterocycles. The van der Waals surface area contributed by atoms with Gasteiger partial charge in [-0.2, -0.15) is 5.10 Å². The van der Waals surface area contributed by atoms with Crippen molar-refractivity contribution in [2.45, 2.75) is 31.6 Å². The number of nitrogens with zero attached hydrogens (tertiary/aromatic N) is 2. The van der Waals surface area contributed by atoms with Gasteiger partial charge in [0.05, 0.1) is 11.9 Å². The van der Waals surface area contributed by atoms with Gasteiger partial charge in [-0.05, 0) is 36.8 Å². The van der Waals surface area contributed by atoms with Crippen LogP contribution in [0.2, 0.25) is 0 Å². The summed E-state index contributed by atoms with van der Waals surface area (Å²) in [5, 5.41) is 7.06. The van der Waals surface area contributed by atoms with E-state index in [2.05, 4.69) is 46.7 Å². The SMILES string of the molecule is CCCCSc1cccc(C=NNc2nc(C)cs2)c1. The van der Waals surface area contributed by atoms with Crippen molar-refractivity contribution in [2.24, 2.45) is 5.10 Å². The maximum absolute atomic E-state index is 4.30. The summed E-state index contributed by atoms with van der Waals surface area (Å²) in [7, 11) is 0. The average Bonchev–Trinajstić information content (AvgIpc) is 2.85. The Morgan fingerprint density at radius 3 is 3.10 bits per heavy atom. The maximum atomic E-state index is 4.30. The number of aryl methyl sites for hydroxylation is 1. The van der Waals surface area contributed by atoms with E-state index in [1.165, 1.54) is 23.5 Å². The third-order valence-electron chi connectivity index (χ3n) is 2.62. The summed E-state index contributed by atoms with van der Waals surface area (Å²) in [5.74, 6) is 1.17. The van der Waals surface area contributed by atoms with E-state index in [9.17, 15) is 0 Å². The summed E-state index contributed by atoms with van der Waals surface area (Å²) in [4.78, 5) is 5.60. The summed E-state index contributed by atoms with van der Waals surface area (Å²) < 4.78 is 0. The highest BCUT2D eigenvalue weighted by atomic mass is 32.2. The van der Waals surface area contributed by atoms with Gasteiger partial charge >= 0.3 is 0 Å². The number of unbranched alkanes of at least 4 members (excludes halogenated alkanes) is 1. The molecule has 1 N–H and O–H groups in total. The van der Waals surface area contributed by atoms with Crippen molar-refractivity contribution in [3.8, 4) is 0 Å². The molecule has 106 valence electrons. The number of nitrogens with one attached hydrogen (secondary N) is 1. The topological polar surface area (TPSA) is 37.3 Å². The number of thioether (sulfide) groups is 1. The lowest BCUT2D eigenvalue weighted by atomic mass is 10.2. The van der Waals surface area contributed by atoms with Gasteiger partial charge in [0.25, 0.3) is 0 Å². The van der Waals surface area contributed by atoms with E-state index in [1.807, 2.05) is 30.3 Å². The van der Waals surface area contributed by atoms with Crippen LogP contribution in [-0.4, -0.2) is 17.0 Å². The summed E-state index contributed by atoms with van der Waals surface area (Å²) in [6, 6.07) is 8.44. The van der Waals surface area contributed by atoms with Crippen molar-refractivity contribution in [2.75, 3.05) is 11.2 Å². The molecule has 1 aromatic carbocycles. The van der Waals surface area contributed by atoms with E-state index in [4.69, 9.17) is 0 Å². The zero-order chi connectivity index (χ0) is 14.2. The van der Waals surface area contributed by atoms with Crippen LogP contribution in [-0.2, 0) is 0 Å². The summed E-state index contributed by atoms with van der Waals surface area (Å²) in [6.07, 6.45) is 4.33. The fraction of sp³-hybridized carbons (Fsp3) is 0.333. The quantitative estimate of drug-likeness (QED) is 0.346. The van der Waals surface area contributed by atoms with Gasteiger partial charge in [-0.15, -0.1) is 23.1 Å². The summed E-state index contributed by atoms with van der Waals surface area (Å²) in [6.45, 7) is 4.19. The standard InChI is InChI=1S/C15H19N3S2/c1-3-4-8-19-14-7-5-6-13(9-14)10-16-18-15-17-12(2)11-20-15/h5-7,9-11H,3-4,8H2,1-2H3,(H,17,18). The molecule has 20 heavy (non-hydrogen) atoms. The van der Waals surface area contributed by atoms with Crippen molar-refractivity contribution in [3.63, 3.8) is 0 Å². The number of hydrogen-bond acceptors (Lipinski definition) is 5. The second-order valence-corrected chi connectivity index (χ2v) is 6.46. The van der Waals surface area contributed by atoms with E-state index in [-0.39, 0.29) is 0 Å². The Morgan fingerprint density at radius 1 is 1.45 bits per heavy atom. The molecule has 0 aliphatic heterocycles. The maximum Gasteiger partial charge on any atom is 0.203 e. The predicted molar refractivity (Wildman–Crippen MR) is 90.1 cm³/mol. The Labute approximate surface area is 128 Å². The first-order chi connectivity index (χ1) is 9.78. The van der Waals surface area contributed by atoms with Crippen molar-refractivity contribution in [1.82, 2.24) is 4.98 Å². The van der Waals surface area contributed by atoms with Crippen LogP contribution in [0.25, 0.3) is 0 Å². The summed E-state index contributed by atoms with van der Waals surface area (Å²) >= 11 is 3.46. The van der Waals surface area contributed by atoms with Crippen LogP contribution in [0.4, 0.5) is 5.13 Å². The monoisotopic (exact) mass is 305 g/mol. The van der Waals surface area contributed by atoms with Crippen LogP contribution in [0.5, 0.6) is 0 Å². The lowest BCUT2D eigenvalue weighted by Gasteiger charge is -2.01. The largest absolute Gasteiger partial charge is 0.253 e. The number of aromatic nitrogens is 1. The number of hydrogen-bond donors (Lipinski definition) is 1. The highest BCUT2D eigenvalue weighted by molar-refractivity contribution is 7.99. The fourth-order valence-corrected chi connectivity index (χ4v) is 3.29. The molecule has 0 fully saturated rings. The van der Waals surface area contributed by atoms with Crippen LogP contribution in [0, 0.1) is 6.92 Å². The van der Waals surface area contributed by atoms with Crippen LogP contribution >= 0.6 is 23.1 Å². The van der Waals surface area contributed by atoms with Crippen LogP contribution in [0.1, 0.15) is 31.0 Å². The molecular formula is C15H19N3S2. The lowest BCUT2D eigenvalue weighted by molar-refractivity contribution is 0.896. The van der Waals surface area contributed by atoms with Gasteiger partial charge in [0.15, 0.2) is 0 Å². The Kier molecular flexibility index (Phi) is 6.08. The highest BCUT2D eigenvalue weighted by Gasteiger charge is 1.96. The molecule has 0 bridgehead atoms. The van der Waals surface area contributed by atoms with Crippen LogP contribution in [0.15, 0.2) is 39.6 Å². The van der Waals surface area contributed by atoms with Gasteiger partial charge in [-0.25, -0.2) is 4.98 Å². The molecule has 0 aliphatic carbocycles. The van der Waals surface area contributed by atoms with Crippen molar-refractivity contribution in [3.05, 3.63) is 40.9 Å². The molecule has 0 atom stereocenters. The molecule has 0 saturated heterocycles. The minimum Gasteiger partial charge on any atom is -0.253 e. The first kappa shape index (κ1) is 15.1. The average molecular weight is 305 g/mol. The normalized spacial score (nSPS) is 11.1. The van der Waals surface area contributed by atoms with Gasteiger partial charge in [-0.3, -0.25) is 5.43 Å². The predicted octanol–water partition coefficient (Wildman–Crippen LogP) is 4.79. The van der Waals surface area contributed by atoms with E-state index >= 15 is 0 Å². The van der Waals surface area contributed by atoms with Gasteiger partial charge < -0.3 is 0 Å². The zero-order valence-corrected chi connectivity index (χ0v) is 13.4. The molecule has 0 spiro atoms. The Balaban J connectivity index is 1.90. The molecule has 5 heteroatoms. The molecule has 0 saturated carbocycles. The van der Waals surface area contributed by atoms with E-state index in [1.54, 1.807) is 11.3 Å². The van der Waals surface area contributed by atoms with E-state index in [0.717, 1.165) is 16.4 Å². The smallest absolute Gasteiger partial charge is 0.203 e. The van der Waals surface area contributed by atoms with Crippen LogP contribution < -0.4 is 5.43 Å². The third kappa shape index (κ3) is 4.98.